The van der Waals surface area contributed by atoms with Crippen LogP contribution in [0.1, 0.15) is 18.1 Å². The predicted molar refractivity (Wildman–Crippen MR) is 115 cm³/mol. The molecule has 0 fully saturated rings. The number of nitrogens with zero attached hydrogens (tertiary/aromatic N) is 2. The second kappa shape index (κ2) is 8.88. The Morgan fingerprint density at radius 1 is 1.07 bits per heavy atom. The Morgan fingerprint density at radius 2 is 1.69 bits per heavy atom. The number of carbonyl (C=O) groups excluding carboxylic acids is 1. The molecule has 1 heterocycles. The minimum atomic E-state index is -0.694. The first kappa shape index (κ1) is 19.9. The zero-order valence-electron chi connectivity index (χ0n) is 16.0. The number of anilines is 2. The van der Waals surface area contributed by atoms with Crippen molar-refractivity contribution in [2.75, 3.05) is 17.2 Å². The Bertz CT molecular complexity index is 1130. The molecular formula is C22H22N4O3. The standard InChI is InChI=1S/C22H22N4O3/c1-2-25(18(27)14-13-16-9-5-3-6-10-16)19-20(23)26(22(29)24-21(19)28)15-17-11-7-4-8-12-17/h3-14H,2,15,23H2,1H3,(H,24,28,29)/b14-13+. The number of rotatable bonds is 6. The number of hydrogen-bond donors (Lipinski definition) is 2. The first-order valence-electron chi connectivity index (χ1n) is 9.22. The molecule has 0 aliphatic rings. The van der Waals surface area contributed by atoms with Gasteiger partial charge in [-0.2, -0.15) is 0 Å². The highest BCUT2D eigenvalue weighted by Crippen LogP contribution is 2.18. The summed E-state index contributed by atoms with van der Waals surface area (Å²) in [5.74, 6) is -0.454. The van der Waals surface area contributed by atoms with Crippen LogP contribution in [-0.4, -0.2) is 22.0 Å². The molecule has 0 atom stereocenters. The first-order valence-corrected chi connectivity index (χ1v) is 9.22. The fourth-order valence-electron chi connectivity index (χ4n) is 3.01. The number of H-pyrrole nitrogens is 1. The summed E-state index contributed by atoms with van der Waals surface area (Å²) in [4.78, 5) is 41.1. The van der Waals surface area contributed by atoms with Crippen molar-refractivity contribution in [3.05, 3.63) is 98.7 Å². The van der Waals surface area contributed by atoms with Gasteiger partial charge >= 0.3 is 5.69 Å². The van der Waals surface area contributed by atoms with Gasteiger partial charge in [0.05, 0.1) is 6.54 Å². The Hall–Kier alpha value is -3.87. The maximum Gasteiger partial charge on any atom is 0.330 e. The minimum absolute atomic E-state index is 0.0363. The van der Waals surface area contributed by atoms with Crippen LogP contribution in [0, 0.1) is 0 Å². The number of hydrogen-bond acceptors (Lipinski definition) is 4. The van der Waals surface area contributed by atoms with Crippen LogP contribution in [0.3, 0.4) is 0 Å². The van der Waals surface area contributed by atoms with Gasteiger partial charge in [-0.3, -0.25) is 19.1 Å². The second-order valence-corrected chi connectivity index (χ2v) is 6.39. The summed E-state index contributed by atoms with van der Waals surface area (Å²) < 4.78 is 1.25. The van der Waals surface area contributed by atoms with Crippen molar-refractivity contribution in [1.29, 1.82) is 0 Å². The molecular weight excluding hydrogens is 368 g/mol. The lowest BCUT2D eigenvalue weighted by Gasteiger charge is -2.22. The Labute approximate surface area is 167 Å². The summed E-state index contributed by atoms with van der Waals surface area (Å²) in [5, 5.41) is 0. The Kier molecular flexibility index (Phi) is 6.09. The van der Waals surface area contributed by atoms with Gasteiger partial charge in [0.15, 0.2) is 5.69 Å². The van der Waals surface area contributed by atoms with E-state index in [-0.39, 0.29) is 24.6 Å². The van der Waals surface area contributed by atoms with Gasteiger partial charge < -0.3 is 10.6 Å². The molecule has 3 rings (SSSR count). The van der Waals surface area contributed by atoms with Crippen LogP contribution in [0.15, 0.2) is 76.3 Å². The average molecular weight is 390 g/mol. The van der Waals surface area contributed by atoms with Crippen molar-refractivity contribution >= 4 is 23.5 Å². The molecule has 0 spiro atoms. The predicted octanol–water partition coefficient (Wildman–Crippen LogP) is 2.23. The summed E-state index contributed by atoms with van der Waals surface area (Å²) in [6.07, 6.45) is 3.04. The molecule has 0 unspecified atom stereocenters. The molecule has 3 aromatic rings. The topological polar surface area (TPSA) is 101 Å². The quantitative estimate of drug-likeness (QED) is 0.630. The summed E-state index contributed by atoms with van der Waals surface area (Å²) in [7, 11) is 0. The van der Waals surface area contributed by atoms with Gasteiger partial charge in [0.2, 0.25) is 0 Å². The number of likely N-dealkylation sites (N-methyl/N-ethyl adjacent to an activating group) is 1. The fourth-order valence-corrected chi connectivity index (χ4v) is 3.01. The number of aromatic amines is 1. The highest BCUT2D eigenvalue weighted by atomic mass is 16.2. The molecule has 7 heteroatoms. The van der Waals surface area contributed by atoms with Crippen LogP contribution in [0.4, 0.5) is 11.5 Å². The van der Waals surface area contributed by atoms with E-state index in [9.17, 15) is 14.4 Å². The molecule has 1 aromatic heterocycles. The van der Waals surface area contributed by atoms with E-state index in [1.165, 1.54) is 15.5 Å². The Balaban J connectivity index is 1.98. The lowest BCUT2D eigenvalue weighted by molar-refractivity contribution is -0.114. The summed E-state index contributed by atoms with van der Waals surface area (Å²) in [6, 6.07) is 18.6. The SMILES string of the molecule is CCN(C(=O)/C=C/c1ccccc1)c1c(N)n(Cc2ccccc2)c(=O)[nH]c1=O. The van der Waals surface area contributed by atoms with E-state index in [4.69, 9.17) is 5.73 Å². The van der Waals surface area contributed by atoms with E-state index < -0.39 is 17.2 Å². The van der Waals surface area contributed by atoms with Crippen molar-refractivity contribution in [3.8, 4) is 0 Å². The van der Waals surface area contributed by atoms with Crippen LogP contribution in [0.25, 0.3) is 6.08 Å². The molecule has 29 heavy (non-hydrogen) atoms. The minimum Gasteiger partial charge on any atom is -0.383 e. The molecule has 148 valence electrons. The molecule has 1 amide bonds. The number of amides is 1. The first-order chi connectivity index (χ1) is 14.0. The van der Waals surface area contributed by atoms with Crippen LogP contribution in [-0.2, 0) is 11.3 Å². The number of nitrogens with two attached hydrogens (primary N) is 1. The smallest absolute Gasteiger partial charge is 0.330 e. The van der Waals surface area contributed by atoms with E-state index in [1.54, 1.807) is 13.0 Å². The third-order valence-electron chi connectivity index (χ3n) is 4.47. The maximum atomic E-state index is 12.8. The molecule has 7 nitrogen and oxygen atoms in total. The fraction of sp³-hybridized carbons (Fsp3) is 0.136. The molecule has 3 N–H and O–H groups in total. The summed E-state index contributed by atoms with van der Waals surface area (Å²) in [5.41, 5.74) is 6.53. The van der Waals surface area contributed by atoms with E-state index in [1.807, 2.05) is 60.7 Å². The molecule has 0 saturated heterocycles. The summed E-state index contributed by atoms with van der Waals surface area (Å²) in [6.45, 7) is 2.13. The van der Waals surface area contributed by atoms with Crippen molar-refractivity contribution in [2.24, 2.45) is 0 Å². The second-order valence-electron chi connectivity index (χ2n) is 6.39. The normalized spacial score (nSPS) is 10.9. The van der Waals surface area contributed by atoms with Crippen molar-refractivity contribution in [3.63, 3.8) is 0 Å². The van der Waals surface area contributed by atoms with Crippen LogP contribution < -0.4 is 21.9 Å². The largest absolute Gasteiger partial charge is 0.383 e. The van der Waals surface area contributed by atoms with E-state index in [0.29, 0.717) is 0 Å². The maximum absolute atomic E-state index is 12.8. The third kappa shape index (κ3) is 4.52. The van der Waals surface area contributed by atoms with Gasteiger partial charge in [-0.15, -0.1) is 0 Å². The van der Waals surface area contributed by atoms with Crippen molar-refractivity contribution < 1.29 is 4.79 Å². The van der Waals surface area contributed by atoms with Gasteiger partial charge in [0.25, 0.3) is 11.5 Å². The van der Waals surface area contributed by atoms with Crippen LogP contribution in [0.2, 0.25) is 0 Å². The van der Waals surface area contributed by atoms with Gasteiger partial charge in [0.1, 0.15) is 5.82 Å². The lowest BCUT2D eigenvalue weighted by Crippen LogP contribution is -2.40. The molecule has 2 aromatic carbocycles. The van der Waals surface area contributed by atoms with Gasteiger partial charge in [0, 0.05) is 12.6 Å². The molecule has 0 saturated carbocycles. The van der Waals surface area contributed by atoms with Crippen molar-refractivity contribution in [2.45, 2.75) is 13.5 Å². The highest BCUT2D eigenvalue weighted by molar-refractivity contribution is 6.05. The zero-order valence-corrected chi connectivity index (χ0v) is 16.0. The number of aromatic nitrogens is 2. The Morgan fingerprint density at radius 3 is 2.31 bits per heavy atom. The lowest BCUT2D eigenvalue weighted by atomic mass is 10.2. The number of benzene rings is 2. The molecule has 0 bridgehead atoms. The van der Waals surface area contributed by atoms with Gasteiger partial charge in [-0.25, -0.2) is 4.79 Å². The molecule has 0 radical (unpaired) electrons. The monoisotopic (exact) mass is 390 g/mol. The van der Waals surface area contributed by atoms with E-state index in [2.05, 4.69) is 4.98 Å². The van der Waals surface area contributed by atoms with E-state index >= 15 is 0 Å². The zero-order chi connectivity index (χ0) is 20.8. The molecule has 0 aliphatic carbocycles. The van der Waals surface area contributed by atoms with Gasteiger partial charge in [-0.1, -0.05) is 60.7 Å². The number of carbonyl (C=O) groups is 1. The van der Waals surface area contributed by atoms with Gasteiger partial charge in [-0.05, 0) is 24.1 Å². The van der Waals surface area contributed by atoms with Crippen LogP contribution >= 0.6 is 0 Å². The number of nitrogens with one attached hydrogen (secondary N) is 1. The average Bonchev–Trinajstić information content (AvgIpc) is 2.74. The highest BCUT2D eigenvalue weighted by Gasteiger charge is 2.21. The van der Waals surface area contributed by atoms with E-state index in [0.717, 1.165) is 11.1 Å². The van der Waals surface area contributed by atoms with Crippen molar-refractivity contribution in [1.82, 2.24) is 9.55 Å². The number of nitrogen functional groups attached to an aromatic ring is 1. The molecule has 0 aliphatic heterocycles. The summed E-state index contributed by atoms with van der Waals surface area (Å²) >= 11 is 0. The van der Waals surface area contributed by atoms with Crippen LogP contribution in [0.5, 0.6) is 0 Å². The third-order valence-corrected chi connectivity index (χ3v) is 4.47.